The van der Waals surface area contributed by atoms with Crippen molar-refractivity contribution >= 4 is 33.9 Å². The van der Waals surface area contributed by atoms with Crippen molar-refractivity contribution in [3.63, 3.8) is 0 Å². The Morgan fingerprint density at radius 1 is 1.17 bits per heavy atom. The topological polar surface area (TPSA) is 26.0 Å². The maximum Gasteiger partial charge on any atom is 0.0487 e. The SMILES string of the molecule is NC(c1cccs1)C1(c2ccc(I)cc2)CCC1. The molecule has 0 saturated heterocycles. The van der Waals surface area contributed by atoms with E-state index in [1.807, 2.05) is 0 Å². The molecule has 1 aliphatic carbocycles. The highest BCUT2D eigenvalue weighted by molar-refractivity contribution is 14.1. The van der Waals surface area contributed by atoms with Gasteiger partial charge < -0.3 is 5.73 Å². The van der Waals surface area contributed by atoms with Crippen LogP contribution in [0.4, 0.5) is 0 Å². The van der Waals surface area contributed by atoms with E-state index in [1.54, 1.807) is 11.3 Å². The summed E-state index contributed by atoms with van der Waals surface area (Å²) in [5.74, 6) is 0. The minimum Gasteiger partial charge on any atom is -0.323 e. The molecular formula is C15H16INS. The molecule has 2 aromatic rings. The molecule has 1 aromatic carbocycles. The Morgan fingerprint density at radius 3 is 2.39 bits per heavy atom. The van der Waals surface area contributed by atoms with Crippen molar-refractivity contribution in [1.29, 1.82) is 0 Å². The zero-order valence-electron chi connectivity index (χ0n) is 10.1. The highest BCUT2D eigenvalue weighted by Crippen LogP contribution is 2.51. The highest BCUT2D eigenvalue weighted by Gasteiger charge is 2.44. The third-order valence-electron chi connectivity index (χ3n) is 4.11. The number of rotatable bonds is 3. The molecule has 0 amide bonds. The maximum atomic E-state index is 6.56. The lowest BCUT2D eigenvalue weighted by Crippen LogP contribution is -2.44. The molecule has 1 unspecified atom stereocenters. The van der Waals surface area contributed by atoms with Crippen LogP contribution in [0.5, 0.6) is 0 Å². The fraction of sp³-hybridized carbons (Fsp3) is 0.333. The van der Waals surface area contributed by atoms with Gasteiger partial charge in [0, 0.05) is 19.9 Å². The molecule has 3 rings (SSSR count). The molecule has 1 aliphatic rings. The maximum absolute atomic E-state index is 6.56. The Kier molecular flexibility index (Phi) is 3.47. The first-order valence-corrected chi connectivity index (χ1v) is 8.23. The molecule has 2 N–H and O–H groups in total. The molecule has 0 bridgehead atoms. The molecule has 1 heterocycles. The molecule has 1 nitrogen and oxygen atoms in total. The second-order valence-corrected chi connectivity index (χ2v) is 7.23. The second-order valence-electron chi connectivity index (χ2n) is 5.01. The molecule has 18 heavy (non-hydrogen) atoms. The van der Waals surface area contributed by atoms with Gasteiger partial charge in [-0.1, -0.05) is 24.6 Å². The Morgan fingerprint density at radius 2 is 1.89 bits per heavy atom. The van der Waals surface area contributed by atoms with Crippen LogP contribution in [0.2, 0.25) is 0 Å². The van der Waals surface area contributed by atoms with Gasteiger partial charge >= 0.3 is 0 Å². The molecule has 0 spiro atoms. The molecule has 1 saturated carbocycles. The van der Waals surface area contributed by atoms with Crippen LogP contribution in [0.15, 0.2) is 41.8 Å². The van der Waals surface area contributed by atoms with Crippen molar-refractivity contribution < 1.29 is 0 Å². The lowest BCUT2D eigenvalue weighted by molar-refractivity contribution is 0.198. The zero-order valence-corrected chi connectivity index (χ0v) is 13.1. The van der Waals surface area contributed by atoms with Gasteiger partial charge in [-0.3, -0.25) is 0 Å². The predicted octanol–water partition coefficient (Wildman–Crippen LogP) is 4.47. The van der Waals surface area contributed by atoms with E-state index in [0.717, 1.165) is 0 Å². The van der Waals surface area contributed by atoms with Gasteiger partial charge in [0.1, 0.15) is 0 Å². The summed E-state index contributed by atoms with van der Waals surface area (Å²) < 4.78 is 1.29. The Labute approximate surface area is 126 Å². The summed E-state index contributed by atoms with van der Waals surface area (Å²) in [6.45, 7) is 0. The Hall–Kier alpha value is -0.390. The lowest BCUT2D eigenvalue weighted by atomic mass is 9.60. The van der Waals surface area contributed by atoms with E-state index >= 15 is 0 Å². The monoisotopic (exact) mass is 369 g/mol. The Balaban J connectivity index is 1.97. The molecule has 1 aromatic heterocycles. The van der Waals surface area contributed by atoms with Crippen LogP contribution >= 0.6 is 33.9 Å². The van der Waals surface area contributed by atoms with Crippen LogP contribution in [0.1, 0.15) is 35.7 Å². The van der Waals surface area contributed by atoms with E-state index in [4.69, 9.17) is 5.73 Å². The van der Waals surface area contributed by atoms with Crippen LogP contribution in [0.3, 0.4) is 0 Å². The number of halogens is 1. The molecule has 0 radical (unpaired) electrons. The molecule has 94 valence electrons. The van der Waals surface area contributed by atoms with Gasteiger partial charge in [0.15, 0.2) is 0 Å². The molecule has 1 fully saturated rings. The van der Waals surface area contributed by atoms with Gasteiger partial charge in [0.25, 0.3) is 0 Å². The van der Waals surface area contributed by atoms with Crippen LogP contribution in [0.25, 0.3) is 0 Å². The first-order valence-electron chi connectivity index (χ1n) is 6.27. The summed E-state index contributed by atoms with van der Waals surface area (Å²) in [4.78, 5) is 1.31. The van der Waals surface area contributed by atoms with E-state index in [2.05, 4.69) is 64.4 Å². The Bertz CT molecular complexity index is 514. The van der Waals surface area contributed by atoms with Gasteiger partial charge in [-0.05, 0) is 64.6 Å². The normalized spacial score (nSPS) is 19.2. The standard InChI is InChI=1S/C15H16INS/c16-12-6-4-11(5-7-12)15(8-2-9-15)14(17)13-3-1-10-18-13/h1,3-7,10,14H,2,8-9,17H2. The number of hydrogen-bond acceptors (Lipinski definition) is 2. The van der Waals surface area contributed by atoms with Crippen molar-refractivity contribution in [2.75, 3.05) is 0 Å². The lowest BCUT2D eigenvalue weighted by Gasteiger charge is -2.46. The van der Waals surface area contributed by atoms with Crippen molar-refractivity contribution in [1.82, 2.24) is 0 Å². The van der Waals surface area contributed by atoms with Crippen molar-refractivity contribution in [2.24, 2.45) is 5.73 Å². The molecule has 1 atom stereocenters. The van der Waals surface area contributed by atoms with Gasteiger partial charge in [-0.15, -0.1) is 11.3 Å². The number of hydrogen-bond donors (Lipinski definition) is 1. The quantitative estimate of drug-likeness (QED) is 0.794. The second kappa shape index (κ2) is 4.94. The minimum absolute atomic E-state index is 0.145. The first kappa shape index (κ1) is 12.6. The van der Waals surface area contributed by atoms with Gasteiger partial charge in [-0.25, -0.2) is 0 Å². The van der Waals surface area contributed by atoms with Crippen molar-refractivity contribution in [3.8, 4) is 0 Å². The summed E-state index contributed by atoms with van der Waals surface area (Å²) in [5.41, 5.74) is 8.15. The van der Waals surface area contributed by atoms with Crippen LogP contribution in [0, 0.1) is 3.57 Å². The molecular weight excluding hydrogens is 353 g/mol. The van der Waals surface area contributed by atoms with E-state index in [1.165, 1.54) is 33.3 Å². The van der Waals surface area contributed by atoms with E-state index in [-0.39, 0.29) is 11.5 Å². The zero-order chi connectivity index (χ0) is 12.6. The number of nitrogens with two attached hydrogens (primary N) is 1. The van der Waals surface area contributed by atoms with Gasteiger partial charge in [0.05, 0.1) is 0 Å². The average molecular weight is 369 g/mol. The highest BCUT2D eigenvalue weighted by atomic mass is 127. The third kappa shape index (κ3) is 2.02. The van der Waals surface area contributed by atoms with E-state index < -0.39 is 0 Å². The summed E-state index contributed by atoms with van der Waals surface area (Å²) in [6.07, 6.45) is 3.73. The van der Waals surface area contributed by atoms with Gasteiger partial charge in [0.2, 0.25) is 0 Å². The number of thiophene rings is 1. The van der Waals surface area contributed by atoms with E-state index in [9.17, 15) is 0 Å². The number of benzene rings is 1. The smallest absolute Gasteiger partial charge is 0.0487 e. The third-order valence-corrected chi connectivity index (χ3v) is 5.78. The van der Waals surface area contributed by atoms with Crippen molar-refractivity contribution in [2.45, 2.75) is 30.7 Å². The first-order chi connectivity index (χ1) is 8.72. The largest absolute Gasteiger partial charge is 0.323 e. The average Bonchev–Trinajstić information content (AvgIpc) is 2.83. The van der Waals surface area contributed by atoms with E-state index in [0.29, 0.717) is 0 Å². The fourth-order valence-corrected chi connectivity index (χ4v) is 4.06. The van der Waals surface area contributed by atoms with Crippen LogP contribution in [-0.4, -0.2) is 0 Å². The fourth-order valence-electron chi connectivity index (χ4n) is 2.86. The summed E-state index contributed by atoms with van der Waals surface area (Å²) in [5, 5.41) is 2.12. The van der Waals surface area contributed by atoms with Crippen LogP contribution < -0.4 is 5.73 Å². The molecule has 0 aliphatic heterocycles. The summed E-state index contributed by atoms with van der Waals surface area (Å²) >= 11 is 4.13. The minimum atomic E-state index is 0.145. The summed E-state index contributed by atoms with van der Waals surface area (Å²) in [6, 6.07) is 13.3. The summed E-state index contributed by atoms with van der Waals surface area (Å²) in [7, 11) is 0. The molecule has 3 heteroatoms. The van der Waals surface area contributed by atoms with Gasteiger partial charge in [-0.2, -0.15) is 0 Å². The van der Waals surface area contributed by atoms with Crippen molar-refractivity contribution in [3.05, 3.63) is 55.8 Å². The predicted molar refractivity (Wildman–Crippen MR) is 85.9 cm³/mol. The van der Waals surface area contributed by atoms with Crippen LogP contribution in [-0.2, 0) is 5.41 Å².